The zero-order chi connectivity index (χ0) is 17.2. The van der Waals surface area contributed by atoms with Gasteiger partial charge in [0, 0.05) is 41.5 Å². The van der Waals surface area contributed by atoms with Gasteiger partial charge in [-0.05, 0) is 23.2 Å². The first-order valence-corrected chi connectivity index (χ1v) is 9.83. The van der Waals surface area contributed by atoms with Gasteiger partial charge in [0.25, 0.3) is 5.91 Å². The molecule has 0 spiro atoms. The standard InChI is InChI=1S/C18H30INO3/c1-2-3-4-5-6-7-11-16-23-18(22)12-9-8-10-15-20-17(21)13-14-19/h2-12,15-16H2,1H3,(H,20,21). The summed E-state index contributed by atoms with van der Waals surface area (Å²) in [6.45, 7) is 3.38. The molecule has 0 unspecified atom stereocenters. The second-order valence-electron chi connectivity index (χ2n) is 5.63. The van der Waals surface area contributed by atoms with Crippen LogP contribution >= 0.6 is 22.6 Å². The summed E-state index contributed by atoms with van der Waals surface area (Å²) in [5.74, 6) is 2.07. The van der Waals surface area contributed by atoms with Crippen LogP contribution in [0.2, 0.25) is 0 Å². The van der Waals surface area contributed by atoms with Gasteiger partial charge in [-0.1, -0.05) is 51.9 Å². The normalized spacial score (nSPS) is 9.83. The van der Waals surface area contributed by atoms with E-state index >= 15 is 0 Å². The molecule has 132 valence electrons. The van der Waals surface area contributed by atoms with E-state index in [2.05, 4.69) is 22.1 Å². The molecule has 1 N–H and O–H groups in total. The average molecular weight is 435 g/mol. The zero-order valence-corrected chi connectivity index (χ0v) is 16.5. The number of hydrogen-bond acceptors (Lipinski definition) is 3. The first-order chi connectivity index (χ1) is 11.2. The number of halogens is 1. The van der Waals surface area contributed by atoms with Crippen molar-refractivity contribution in [3.05, 3.63) is 0 Å². The highest BCUT2D eigenvalue weighted by Crippen LogP contribution is 2.07. The Labute approximate surface area is 154 Å². The molecule has 0 aromatic carbocycles. The summed E-state index contributed by atoms with van der Waals surface area (Å²) in [7, 11) is 0. The highest BCUT2D eigenvalue weighted by atomic mass is 127. The van der Waals surface area contributed by atoms with Gasteiger partial charge in [0.15, 0.2) is 0 Å². The Kier molecular flexibility index (Phi) is 17.0. The lowest BCUT2D eigenvalue weighted by Gasteiger charge is -2.05. The van der Waals surface area contributed by atoms with E-state index in [4.69, 9.17) is 4.74 Å². The molecule has 0 radical (unpaired) electrons. The Morgan fingerprint density at radius 2 is 1.61 bits per heavy atom. The van der Waals surface area contributed by atoms with Crippen LogP contribution in [-0.2, 0) is 14.3 Å². The molecule has 4 nitrogen and oxygen atoms in total. The third kappa shape index (κ3) is 17.4. The van der Waals surface area contributed by atoms with Gasteiger partial charge in [0.1, 0.15) is 0 Å². The molecule has 0 rings (SSSR count). The fraction of sp³-hybridized carbons (Fsp3) is 0.778. The van der Waals surface area contributed by atoms with E-state index in [1.54, 1.807) is 0 Å². The smallest absolute Gasteiger partial charge is 0.305 e. The molecule has 0 bridgehead atoms. The van der Waals surface area contributed by atoms with Crippen LogP contribution < -0.4 is 5.32 Å². The topological polar surface area (TPSA) is 55.4 Å². The summed E-state index contributed by atoms with van der Waals surface area (Å²) in [5.41, 5.74) is 0. The first-order valence-electron chi connectivity index (χ1n) is 8.75. The van der Waals surface area contributed by atoms with Crippen molar-refractivity contribution < 1.29 is 14.3 Å². The molecule has 0 aliphatic rings. The Morgan fingerprint density at radius 1 is 0.957 bits per heavy atom. The lowest BCUT2D eigenvalue weighted by molar-refractivity contribution is -0.143. The van der Waals surface area contributed by atoms with E-state index in [-0.39, 0.29) is 11.9 Å². The number of rotatable bonds is 14. The van der Waals surface area contributed by atoms with Crippen LogP contribution in [0.5, 0.6) is 0 Å². The summed E-state index contributed by atoms with van der Waals surface area (Å²) < 4.78 is 7.74. The third-order valence-electron chi connectivity index (χ3n) is 3.51. The second-order valence-corrected chi connectivity index (χ2v) is 6.17. The molecule has 0 aromatic rings. The summed E-state index contributed by atoms with van der Waals surface area (Å²) in [6.07, 6.45) is 11.6. The number of hydrogen-bond donors (Lipinski definition) is 1. The quantitative estimate of drug-likeness (QED) is 0.191. The Morgan fingerprint density at radius 3 is 2.30 bits per heavy atom. The maximum atomic E-state index is 11.5. The van der Waals surface area contributed by atoms with Crippen LogP contribution in [0.4, 0.5) is 0 Å². The number of esters is 1. The largest absolute Gasteiger partial charge is 0.466 e. The molecule has 0 aliphatic carbocycles. The Hall–Kier alpha value is -0.770. The van der Waals surface area contributed by atoms with Crippen LogP contribution in [0.15, 0.2) is 0 Å². The molecule has 0 fully saturated rings. The van der Waals surface area contributed by atoms with Gasteiger partial charge in [-0.3, -0.25) is 9.59 Å². The van der Waals surface area contributed by atoms with Crippen LogP contribution in [0, 0.1) is 9.85 Å². The van der Waals surface area contributed by atoms with Crippen molar-refractivity contribution in [1.82, 2.24) is 5.32 Å². The lowest BCUT2D eigenvalue weighted by atomic mass is 10.1. The molecule has 1 amide bonds. The van der Waals surface area contributed by atoms with E-state index in [1.165, 1.54) is 32.1 Å². The van der Waals surface area contributed by atoms with Crippen molar-refractivity contribution >= 4 is 34.5 Å². The molecular weight excluding hydrogens is 405 g/mol. The minimum Gasteiger partial charge on any atom is -0.466 e. The molecule has 0 aliphatic heterocycles. The minimum atomic E-state index is -0.242. The maximum absolute atomic E-state index is 11.5. The first kappa shape index (κ1) is 22.2. The third-order valence-corrected chi connectivity index (χ3v) is 3.78. The highest BCUT2D eigenvalue weighted by molar-refractivity contribution is 14.1. The summed E-state index contributed by atoms with van der Waals surface area (Å²) >= 11 is 1.83. The molecular formula is C18H30INO3. The van der Waals surface area contributed by atoms with E-state index in [0.717, 1.165) is 32.1 Å². The van der Waals surface area contributed by atoms with Crippen molar-refractivity contribution in [3.8, 4) is 9.85 Å². The second kappa shape index (κ2) is 17.6. The Bertz CT molecular complexity index is 374. The van der Waals surface area contributed by atoms with Gasteiger partial charge < -0.3 is 10.1 Å². The molecule has 0 heterocycles. The average Bonchev–Trinajstić information content (AvgIpc) is 2.53. The molecule has 23 heavy (non-hydrogen) atoms. The fourth-order valence-corrected chi connectivity index (χ4v) is 2.42. The fourth-order valence-electron chi connectivity index (χ4n) is 2.18. The maximum Gasteiger partial charge on any atom is 0.305 e. The van der Waals surface area contributed by atoms with Gasteiger partial charge >= 0.3 is 5.97 Å². The Balaban J connectivity index is 3.27. The predicted molar refractivity (Wildman–Crippen MR) is 102 cm³/mol. The minimum absolute atomic E-state index is 0.101. The number of ether oxygens (including phenoxy) is 1. The van der Waals surface area contributed by atoms with Crippen molar-refractivity contribution in [2.45, 2.75) is 77.6 Å². The highest BCUT2D eigenvalue weighted by Gasteiger charge is 2.02. The SMILES string of the molecule is CCCCCCCCCOC(=O)CCCCCNC(=O)C#CI. The zero-order valence-electron chi connectivity index (χ0n) is 14.3. The molecule has 0 aromatic heterocycles. The van der Waals surface area contributed by atoms with Gasteiger partial charge in [0.05, 0.1) is 6.61 Å². The van der Waals surface area contributed by atoms with Crippen molar-refractivity contribution in [3.63, 3.8) is 0 Å². The molecule has 5 heteroatoms. The van der Waals surface area contributed by atoms with Crippen molar-refractivity contribution in [2.24, 2.45) is 0 Å². The van der Waals surface area contributed by atoms with Gasteiger partial charge in [-0.25, -0.2) is 0 Å². The van der Waals surface area contributed by atoms with Crippen LogP contribution in [0.25, 0.3) is 0 Å². The van der Waals surface area contributed by atoms with E-state index < -0.39 is 0 Å². The van der Waals surface area contributed by atoms with E-state index in [0.29, 0.717) is 19.6 Å². The number of carbonyl (C=O) groups is 2. The van der Waals surface area contributed by atoms with Crippen LogP contribution in [0.3, 0.4) is 0 Å². The number of amides is 1. The molecule has 0 saturated carbocycles. The van der Waals surface area contributed by atoms with Crippen molar-refractivity contribution in [2.75, 3.05) is 13.2 Å². The van der Waals surface area contributed by atoms with Crippen LogP contribution in [-0.4, -0.2) is 25.0 Å². The predicted octanol–water partition coefficient (Wildman–Crippen LogP) is 4.35. The molecule has 0 atom stereocenters. The van der Waals surface area contributed by atoms with Gasteiger partial charge in [0.2, 0.25) is 0 Å². The van der Waals surface area contributed by atoms with Gasteiger partial charge in [-0.2, -0.15) is 0 Å². The molecule has 0 saturated heterocycles. The van der Waals surface area contributed by atoms with Crippen molar-refractivity contribution in [1.29, 1.82) is 0 Å². The van der Waals surface area contributed by atoms with E-state index in [9.17, 15) is 9.59 Å². The van der Waals surface area contributed by atoms with Gasteiger partial charge in [-0.15, -0.1) is 0 Å². The summed E-state index contributed by atoms with van der Waals surface area (Å²) in [6, 6.07) is 0. The lowest BCUT2D eigenvalue weighted by Crippen LogP contribution is -2.22. The summed E-state index contributed by atoms with van der Waals surface area (Å²) in [4.78, 5) is 22.6. The monoisotopic (exact) mass is 435 g/mol. The number of unbranched alkanes of at least 4 members (excludes halogenated alkanes) is 8. The van der Waals surface area contributed by atoms with E-state index in [1.807, 2.05) is 22.6 Å². The summed E-state index contributed by atoms with van der Waals surface area (Å²) in [5, 5.41) is 2.70. The number of nitrogens with one attached hydrogen (secondary N) is 1. The van der Waals surface area contributed by atoms with Crippen LogP contribution in [0.1, 0.15) is 77.6 Å². The number of carbonyl (C=O) groups excluding carboxylic acids is 2.